The number of nitrogen functional groups attached to an aromatic ring is 1. The van der Waals surface area contributed by atoms with Gasteiger partial charge in [0.1, 0.15) is 0 Å². The lowest BCUT2D eigenvalue weighted by Gasteiger charge is -2.10. The van der Waals surface area contributed by atoms with Gasteiger partial charge >= 0.3 is 0 Å². The number of hydrogen-bond acceptors (Lipinski definition) is 1. The molecule has 3 aromatic carbocycles. The van der Waals surface area contributed by atoms with Crippen LogP contribution in [0.3, 0.4) is 0 Å². The predicted molar refractivity (Wildman–Crippen MR) is 86.5 cm³/mol. The normalized spacial score (nSPS) is 10.4. The molecule has 1 heteroatoms. The molecule has 0 aliphatic heterocycles. The van der Waals surface area contributed by atoms with E-state index in [0.29, 0.717) is 0 Å². The lowest BCUT2D eigenvalue weighted by Crippen LogP contribution is -1.91. The molecule has 0 aromatic heterocycles. The van der Waals surface area contributed by atoms with Gasteiger partial charge in [-0.05, 0) is 35.7 Å². The second-order valence-corrected chi connectivity index (χ2v) is 5.04. The highest BCUT2D eigenvalue weighted by Gasteiger charge is 2.05. The van der Waals surface area contributed by atoms with Crippen LogP contribution in [0.5, 0.6) is 0 Å². The Morgan fingerprint density at radius 1 is 0.650 bits per heavy atom. The molecule has 0 radical (unpaired) electrons. The van der Waals surface area contributed by atoms with Gasteiger partial charge in [0.15, 0.2) is 0 Å². The van der Waals surface area contributed by atoms with Crippen molar-refractivity contribution in [3.8, 4) is 22.3 Å². The first-order valence-electron chi connectivity index (χ1n) is 6.76. The summed E-state index contributed by atoms with van der Waals surface area (Å²) in [6.45, 7) is 2.10. The molecule has 3 aromatic rings. The van der Waals surface area contributed by atoms with Gasteiger partial charge in [-0.3, -0.25) is 0 Å². The topological polar surface area (TPSA) is 26.0 Å². The van der Waals surface area contributed by atoms with Crippen molar-refractivity contribution in [1.82, 2.24) is 0 Å². The summed E-state index contributed by atoms with van der Waals surface area (Å²) in [5.74, 6) is 0. The van der Waals surface area contributed by atoms with Crippen molar-refractivity contribution in [1.29, 1.82) is 0 Å². The van der Waals surface area contributed by atoms with Crippen LogP contribution in [-0.4, -0.2) is 0 Å². The van der Waals surface area contributed by atoms with Crippen molar-refractivity contribution in [3.05, 3.63) is 78.4 Å². The molecule has 2 N–H and O–H groups in total. The number of aryl methyl sites for hydroxylation is 1. The Morgan fingerprint density at radius 3 is 2.15 bits per heavy atom. The predicted octanol–water partition coefficient (Wildman–Crippen LogP) is 4.91. The molecule has 0 aliphatic carbocycles. The van der Waals surface area contributed by atoms with Crippen LogP contribution in [0.2, 0.25) is 0 Å². The van der Waals surface area contributed by atoms with Crippen molar-refractivity contribution in [2.45, 2.75) is 6.92 Å². The van der Waals surface area contributed by atoms with Gasteiger partial charge in [-0.1, -0.05) is 66.2 Å². The quantitative estimate of drug-likeness (QED) is 0.650. The highest BCUT2D eigenvalue weighted by atomic mass is 14.6. The van der Waals surface area contributed by atoms with Crippen molar-refractivity contribution in [3.63, 3.8) is 0 Å². The zero-order valence-electron chi connectivity index (χ0n) is 11.5. The lowest BCUT2D eigenvalue weighted by atomic mass is 9.97. The molecule has 3 rings (SSSR count). The first kappa shape index (κ1) is 12.5. The molecule has 0 saturated heterocycles. The van der Waals surface area contributed by atoms with Crippen molar-refractivity contribution < 1.29 is 0 Å². The summed E-state index contributed by atoms with van der Waals surface area (Å²) in [4.78, 5) is 0. The maximum Gasteiger partial charge on any atom is 0.0394 e. The Morgan fingerprint density at radius 2 is 1.40 bits per heavy atom. The van der Waals surface area contributed by atoms with E-state index in [1.54, 1.807) is 0 Å². The lowest BCUT2D eigenvalue weighted by molar-refractivity contribution is 1.47. The number of benzene rings is 3. The molecule has 20 heavy (non-hydrogen) atoms. The van der Waals surface area contributed by atoms with Crippen LogP contribution in [0.25, 0.3) is 22.3 Å². The zero-order valence-corrected chi connectivity index (χ0v) is 11.5. The zero-order chi connectivity index (χ0) is 13.9. The summed E-state index contributed by atoms with van der Waals surface area (Å²) >= 11 is 0. The van der Waals surface area contributed by atoms with Crippen LogP contribution in [0.4, 0.5) is 5.69 Å². The molecule has 1 nitrogen and oxygen atoms in total. The highest BCUT2D eigenvalue weighted by Crippen LogP contribution is 2.31. The summed E-state index contributed by atoms with van der Waals surface area (Å²) in [5, 5.41) is 0. The number of anilines is 1. The fraction of sp³-hybridized carbons (Fsp3) is 0.0526. The molecule has 0 aliphatic rings. The summed E-state index contributed by atoms with van der Waals surface area (Å²) in [5.41, 5.74) is 12.9. The average Bonchev–Trinajstić information content (AvgIpc) is 2.48. The first-order valence-corrected chi connectivity index (χ1v) is 6.76. The minimum atomic E-state index is 0.815. The van der Waals surface area contributed by atoms with E-state index in [4.69, 9.17) is 5.73 Å². The van der Waals surface area contributed by atoms with Crippen LogP contribution in [0, 0.1) is 6.92 Å². The van der Waals surface area contributed by atoms with Crippen LogP contribution in [0.1, 0.15) is 5.56 Å². The second-order valence-electron chi connectivity index (χ2n) is 5.04. The van der Waals surface area contributed by atoms with Gasteiger partial charge in [-0.2, -0.15) is 0 Å². The SMILES string of the molecule is Cc1cccc(-c2cc(-c3ccccc3)ccc2N)c1. The monoisotopic (exact) mass is 259 g/mol. The van der Waals surface area contributed by atoms with E-state index in [9.17, 15) is 0 Å². The number of nitrogens with two attached hydrogens (primary N) is 1. The third-order valence-electron chi connectivity index (χ3n) is 3.49. The fourth-order valence-electron chi connectivity index (χ4n) is 2.43. The van der Waals surface area contributed by atoms with Crippen LogP contribution in [-0.2, 0) is 0 Å². The Hall–Kier alpha value is -2.54. The average molecular weight is 259 g/mol. The Balaban J connectivity index is 2.12. The summed E-state index contributed by atoms with van der Waals surface area (Å²) in [7, 11) is 0. The van der Waals surface area contributed by atoms with Gasteiger partial charge in [-0.15, -0.1) is 0 Å². The highest BCUT2D eigenvalue weighted by molar-refractivity contribution is 5.82. The molecule has 0 amide bonds. The van der Waals surface area contributed by atoms with Crippen LogP contribution < -0.4 is 5.73 Å². The van der Waals surface area contributed by atoms with E-state index in [1.165, 1.54) is 22.3 Å². The summed E-state index contributed by atoms with van der Waals surface area (Å²) < 4.78 is 0. The van der Waals surface area contributed by atoms with E-state index < -0.39 is 0 Å². The van der Waals surface area contributed by atoms with Crippen molar-refractivity contribution in [2.24, 2.45) is 0 Å². The third kappa shape index (κ3) is 2.43. The molecule has 0 atom stereocenters. The largest absolute Gasteiger partial charge is 0.398 e. The van der Waals surface area contributed by atoms with Gasteiger partial charge in [0, 0.05) is 11.3 Å². The first-order chi connectivity index (χ1) is 9.74. The standard InChI is InChI=1S/C19H17N/c1-14-6-5-9-17(12-14)18-13-16(10-11-19(18)20)15-7-3-2-4-8-15/h2-13H,20H2,1H3. The Kier molecular flexibility index (Phi) is 3.26. The van der Waals surface area contributed by atoms with E-state index in [0.717, 1.165) is 11.3 Å². The third-order valence-corrected chi connectivity index (χ3v) is 3.49. The Bertz CT molecular complexity index is 730. The molecule has 0 unspecified atom stereocenters. The van der Waals surface area contributed by atoms with Crippen molar-refractivity contribution in [2.75, 3.05) is 5.73 Å². The van der Waals surface area contributed by atoms with Crippen molar-refractivity contribution >= 4 is 5.69 Å². The minimum absolute atomic E-state index is 0.815. The smallest absolute Gasteiger partial charge is 0.0394 e. The molecule has 0 fully saturated rings. The molecule has 0 bridgehead atoms. The summed E-state index contributed by atoms with van der Waals surface area (Å²) in [6, 6.07) is 25.0. The van der Waals surface area contributed by atoms with Crippen LogP contribution in [0.15, 0.2) is 72.8 Å². The number of hydrogen-bond donors (Lipinski definition) is 1. The molecule has 98 valence electrons. The van der Waals surface area contributed by atoms with E-state index in [-0.39, 0.29) is 0 Å². The van der Waals surface area contributed by atoms with Gasteiger partial charge in [0.25, 0.3) is 0 Å². The molecule has 0 spiro atoms. The molecule has 0 saturated carbocycles. The van der Waals surface area contributed by atoms with E-state index >= 15 is 0 Å². The molecular formula is C19H17N. The second kappa shape index (κ2) is 5.22. The van der Waals surface area contributed by atoms with Gasteiger partial charge in [-0.25, -0.2) is 0 Å². The summed E-state index contributed by atoms with van der Waals surface area (Å²) in [6.07, 6.45) is 0. The Labute approximate surface area is 119 Å². The maximum absolute atomic E-state index is 6.15. The van der Waals surface area contributed by atoms with E-state index in [2.05, 4.69) is 67.6 Å². The molecular weight excluding hydrogens is 242 g/mol. The fourth-order valence-corrected chi connectivity index (χ4v) is 2.43. The van der Waals surface area contributed by atoms with Gasteiger partial charge in [0.2, 0.25) is 0 Å². The maximum atomic E-state index is 6.15. The molecule has 0 heterocycles. The van der Waals surface area contributed by atoms with E-state index in [1.807, 2.05) is 12.1 Å². The minimum Gasteiger partial charge on any atom is -0.398 e. The van der Waals surface area contributed by atoms with Crippen LogP contribution >= 0.6 is 0 Å². The van der Waals surface area contributed by atoms with Gasteiger partial charge < -0.3 is 5.73 Å². The number of rotatable bonds is 2. The van der Waals surface area contributed by atoms with Gasteiger partial charge in [0.05, 0.1) is 0 Å².